The third-order valence-corrected chi connectivity index (χ3v) is 3.19. The van der Waals surface area contributed by atoms with E-state index >= 15 is 0 Å². The maximum atomic E-state index is 11.4. The number of carboxylic acids is 1. The summed E-state index contributed by atoms with van der Waals surface area (Å²) in [6.07, 6.45) is 3.37. The van der Waals surface area contributed by atoms with E-state index in [4.69, 9.17) is 9.84 Å². The lowest BCUT2D eigenvalue weighted by Crippen LogP contribution is -2.06. The number of hydrogen-bond acceptors (Lipinski definition) is 3. The Hall–Kier alpha value is -1.62. The summed E-state index contributed by atoms with van der Waals surface area (Å²) in [7, 11) is 0. The summed E-state index contributed by atoms with van der Waals surface area (Å²) < 4.78 is 5.73. The van der Waals surface area contributed by atoms with Gasteiger partial charge in [-0.15, -0.1) is 0 Å². The Morgan fingerprint density at radius 2 is 2.16 bits per heavy atom. The first-order chi connectivity index (χ1) is 9.04. The van der Waals surface area contributed by atoms with Crippen molar-refractivity contribution in [2.75, 3.05) is 6.61 Å². The van der Waals surface area contributed by atoms with Crippen LogP contribution in [-0.4, -0.2) is 23.7 Å². The third-order valence-electron chi connectivity index (χ3n) is 2.45. The van der Waals surface area contributed by atoms with Crippen molar-refractivity contribution in [2.24, 2.45) is 0 Å². The van der Waals surface area contributed by atoms with Gasteiger partial charge in [-0.3, -0.25) is 4.79 Å². The molecule has 0 aromatic heterocycles. The Kier molecular flexibility index (Phi) is 6.29. The van der Waals surface area contributed by atoms with Gasteiger partial charge < -0.3 is 9.84 Å². The molecule has 0 aliphatic rings. The molecule has 0 saturated carbocycles. The molecule has 1 aromatic carbocycles. The number of esters is 1. The zero-order valence-electron chi connectivity index (χ0n) is 10.6. The van der Waals surface area contributed by atoms with Crippen molar-refractivity contribution in [3.8, 4) is 0 Å². The van der Waals surface area contributed by atoms with Crippen molar-refractivity contribution < 1.29 is 19.4 Å². The fraction of sp³-hybridized carbons (Fsp3) is 0.286. The molecule has 102 valence electrons. The van der Waals surface area contributed by atoms with Gasteiger partial charge in [0.1, 0.15) is 0 Å². The molecule has 5 heteroatoms. The van der Waals surface area contributed by atoms with Crippen LogP contribution in [-0.2, 0) is 20.7 Å². The number of carbonyl (C=O) groups excluding carboxylic acids is 1. The lowest BCUT2D eigenvalue weighted by Gasteiger charge is -2.08. The van der Waals surface area contributed by atoms with Crippen molar-refractivity contribution in [3.05, 3.63) is 39.9 Å². The highest BCUT2D eigenvalue weighted by Gasteiger charge is 2.08. The summed E-state index contributed by atoms with van der Waals surface area (Å²) in [4.78, 5) is 21.9. The smallest absolute Gasteiger partial charge is 0.328 e. The van der Waals surface area contributed by atoms with Crippen LogP contribution in [0.15, 0.2) is 28.7 Å². The van der Waals surface area contributed by atoms with Gasteiger partial charge in [0.2, 0.25) is 0 Å². The van der Waals surface area contributed by atoms with Gasteiger partial charge in [-0.2, -0.15) is 0 Å². The number of halogens is 1. The summed E-state index contributed by atoms with van der Waals surface area (Å²) in [6.45, 7) is 2.12. The molecule has 0 spiro atoms. The minimum Gasteiger partial charge on any atom is -0.478 e. The van der Waals surface area contributed by atoms with Crippen LogP contribution in [0.3, 0.4) is 0 Å². The summed E-state index contributed by atoms with van der Waals surface area (Å²) in [6, 6.07) is 5.49. The van der Waals surface area contributed by atoms with Gasteiger partial charge in [0.25, 0.3) is 0 Å². The number of ether oxygens (including phenoxy) is 1. The van der Waals surface area contributed by atoms with Crippen molar-refractivity contribution in [1.29, 1.82) is 0 Å². The number of rotatable bonds is 6. The summed E-state index contributed by atoms with van der Waals surface area (Å²) in [5, 5.41) is 8.65. The highest BCUT2D eigenvalue weighted by Crippen LogP contribution is 2.23. The lowest BCUT2D eigenvalue weighted by atomic mass is 10.0. The van der Waals surface area contributed by atoms with E-state index in [1.165, 1.54) is 6.08 Å². The Bertz CT molecular complexity index is 494. The van der Waals surface area contributed by atoms with E-state index in [-0.39, 0.29) is 12.4 Å². The normalized spacial score (nSPS) is 10.6. The van der Waals surface area contributed by atoms with Gasteiger partial charge in [-0.1, -0.05) is 28.1 Å². The number of aliphatic carboxylic acids is 1. The highest BCUT2D eigenvalue weighted by atomic mass is 79.9. The van der Waals surface area contributed by atoms with Crippen LogP contribution in [0.1, 0.15) is 24.5 Å². The van der Waals surface area contributed by atoms with E-state index in [0.29, 0.717) is 13.0 Å². The topological polar surface area (TPSA) is 63.6 Å². The second kappa shape index (κ2) is 7.74. The van der Waals surface area contributed by atoms with E-state index in [0.717, 1.165) is 21.7 Å². The quantitative estimate of drug-likeness (QED) is 0.644. The molecule has 0 amide bonds. The SMILES string of the molecule is CCOC(=O)CCc1c(Br)cccc1/C=C/C(=O)O. The first kappa shape index (κ1) is 15.4. The summed E-state index contributed by atoms with van der Waals surface area (Å²) in [5.41, 5.74) is 1.68. The van der Waals surface area contributed by atoms with Gasteiger partial charge in [-0.25, -0.2) is 4.79 Å². The molecular formula is C14H15BrO4. The molecule has 1 N–H and O–H groups in total. The van der Waals surface area contributed by atoms with Gasteiger partial charge >= 0.3 is 11.9 Å². The van der Waals surface area contributed by atoms with Crippen LogP contribution in [0, 0.1) is 0 Å². The van der Waals surface area contributed by atoms with Crippen molar-refractivity contribution >= 4 is 33.9 Å². The molecule has 4 nitrogen and oxygen atoms in total. The number of carbonyl (C=O) groups is 2. The van der Waals surface area contributed by atoms with Gasteiger partial charge in [-0.05, 0) is 36.6 Å². The second-order valence-electron chi connectivity index (χ2n) is 3.78. The number of benzene rings is 1. The Morgan fingerprint density at radius 1 is 1.42 bits per heavy atom. The Balaban J connectivity index is 2.86. The zero-order chi connectivity index (χ0) is 14.3. The van der Waals surface area contributed by atoms with Crippen LogP contribution in [0.5, 0.6) is 0 Å². The highest BCUT2D eigenvalue weighted by molar-refractivity contribution is 9.10. The van der Waals surface area contributed by atoms with Crippen molar-refractivity contribution in [3.63, 3.8) is 0 Å². The largest absolute Gasteiger partial charge is 0.478 e. The summed E-state index contributed by atoms with van der Waals surface area (Å²) in [5.74, 6) is -1.26. The van der Waals surface area contributed by atoms with Crippen LogP contribution >= 0.6 is 15.9 Å². The van der Waals surface area contributed by atoms with Gasteiger partial charge in [0.15, 0.2) is 0 Å². The maximum absolute atomic E-state index is 11.4. The standard InChI is InChI=1S/C14H15BrO4/c1-2-19-14(18)9-7-11-10(6-8-13(16)17)4-3-5-12(11)15/h3-6,8H,2,7,9H2,1H3,(H,16,17)/b8-6+. The molecule has 0 aliphatic carbocycles. The predicted octanol–water partition coefficient (Wildman–Crippen LogP) is 3.04. The second-order valence-corrected chi connectivity index (χ2v) is 4.64. The van der Waals surface area contributed by atoms with E-state index in [9.17, 15) is 9.59 Å². The predicted molar refractivity (Wildman–Crippen MR) is 75.8 cm³/mol. The van der Waals surface area contributed by atoms with E-state index in [2.05, 4.69) is 15.9 Å². The first-order valence-corrected chi connectivity index (χ1v) is 6.68. The molecule has 0 aliphatic heterocycles. The minimum absolute atomic E-state index is 0.258. The fourth-order valence-electron chi connectivity index (χ4n) is 1.62. The lowest BCUT2D eigenvalue weighted by molar-refractivity contribution is -0.143. The van der Waals surface area contributed by atoms with E-state index in [1.807, 2.05) is 18.2 Å². The van der Waals surface area contributed by atoms with E-state index < -0.39 is 5.97 Å². The minimum atomic E-state index is -1.00. The average molecular weight is 327 g/mol. The molecular weight excluding hydrogens is 312 g/mol. The Morgan fingerprint density at radius 3 is 2.79 bits per heavy atom. The van der Waals surface area contributed by atoms with Gasteiger partial charge in [0, 0.05) is 17.0 Å². The Labute approximate surface area is 120 Å². The molecule has 0 atom stereocenters. The molecule has 0 fully saturated rings. The average Bonchev–Trinajstić information content (AvgIpc) is 2.35. The van der Waals surface area contributed by atoms with Crippen LogP contribution in [0.25, 0.3) is 6.08 Å². The molecule has 0 heterocycles. The molecule has 1 aromatic rings. The van der Waals surface area contributed by atoms with Crippen molar-refractivity contribution in [1.82, 2.24) is 0 Å². The molecule has 0 radical (unpaired) electrons. The van der Waals surface area contributed by atoms with Crippen LogP contribution in [0.2, 0.25) is 0 Å². The van der Waals surface area contributed by atoms with Crippen LogP contribution < -0.4 is 0 Å². The zero-order valence-corrected chi connectivity index (χ0v) is 12.1. The fourth-order valence-corrected chi connectivity index (χ4v) is 2.20. The van der Waals surface area contributed by atoms with Crippen molar-refractivity contribution in [2.45, 2.75) is 19.8 Å². The van der Waals surface area contributed by atoms with Crippen LogP contribution in [0.4, 0.5) is 0 Å². The van der Waals surface area contributed by atoms with E-state index in [1.54, 1.807) is 6.92 Å². The third kappa shape index (κ3) is 5.26. The maximum Gasteiger partial charge on any atom is 0.328 e. The molecule has 19 heavy (non-hydrogen) atoms. The molecule has 1 rings (SSSR count). The molecule has 0 unspecified atom stereocenters. The first-order valence-electron chi connectivity index (χ1n) is 5.88. The summed E-state index contributed by atoms with van der Waals surface area (Å²) >= 11 is 3.41. The number of hydrogen-bond donors (Lipinski definition) is 1. The molecule has 0 bridgehead atoms. The van der Waals surface area contributed by atoms with Gasteiger partial charge in [0.05, 0.1) is 6.61 Å². The number of carboxylic acid groups (broad SMARTS) is 1. The molecule has 0 saturated heterocycles. The monoisotopic (exact) mass is 326 g/mol.